The van der Waals surface area contributed by atoms with Crippen LogP contribution in [-0.4, -0.2) is 32.5 Å². The van der Waals surface area contributed by atoms with Crippen LogP contribution in [0.5, 0.6) is 5.75 Å². The maximum absolute atomic E-state index is 12.5. The minimum atomic E-state index is -0.127. The van der Waals surface area contributed by atoms with Gasteiger partial charge in [-0.25, -0.2) is 0 Å². The van der Waals surface area contributed by atoms with Gasteiger partial charge < -0.3 is 4.74 Å². The van der Waals surface area contributed by atoms with Gasteiger partial charge in [-0.05, 0) is 12.5 Å². The van der Waals surface area contributed by atoms with Crippen LogP contribution in [0.4, 0.5) is 0 Å². The molecule has 18 heavy (non-hydrogen) atoms. The first-order chi connectivity index (χ1) is 8.69. The van der Waals surface area contributed by atoms with Crippen LogP contribution in [0.1, 0.15) is 29.5 Å². The van der Waals surface area contributed by atoms with E-state index in [0.29, 0.717) is 23.7 Å². The zero-order valence-corrected chi connectivity index (χ0v) is 10.8. The molecule has 6 heteroatoms. The summed E-state index contributed by atoms with van der Waals surface area (Å²) >= 11 is 0. The third kappa shape index (κ3) is 2.01. The highest BCUT2D eigenvalue weighted by atomic mass is 16.5. The van der Waals surface area contributed by atoms with Crippen molar-refractivity contribution in [3.8, 4) is 5.75 Å². The Morgan fingerprint density at radius 3 is 2.78 bits per heavy atom. The fourth-order valence-electron chi connectivity index (χ4n) is 1.85. The molecule has 0 aliphatic carbocycles. The van der Waals surface area contributed by atoms with E-state index in [4.69, 9.17) is 4.74 Å². The molecule has 0 fully saturated rings. The predicted molar refractivity (Wildman–Crippen MR) is 65.7 cm³/mol. The number of aryl methyl sites for hydroxylation is 2. The highest BCUT2D eigenvalue weighted by Crippen LogP contribution is 2.21. The molecule has 0 aliphatic rings. The molecule has 0 radical (unpaired) electrons. The van der Waals surface area contributed by atoms with E-state index in [1.807, 2.05) is 6.92 Å². The maximum atomic E-state index is 12.5. The molecule has 2 aromatic rings. The number of hydrogen-bond acceptors (Lipinski definition) is 4. The van der Waals surface area contributed by atoms with Gasteiger partial charge in [0.25, 0.3) is 0 Å². The second-order valence-electron chi connectivity index (χ2n) is 3.95. The Labute approximate surface area is 105 Å². The molecule has 0 saturated carbocycles. The van der Waals surface area contributed by atoms with Crippen LogP contribution in [0.15, 0.2) is 18.5 Å². The van der Waals surface area contributed by atoms with Crippen LogP contribution in [-0.2, 0) is 13.6 Å². The van der Waals surface area contributed by atoms with Crippen LogP contribution in [0.25, 0.3) is 0 Å². The minimum absolute atomic E-state index is 0.127. The van der Waals surface area contributed by atoms with Gasteiger partial charge in [0.15, 0.2) is 11.4 Å². The molecule has 0 bridgehead atoms. The van der Waals surface area contributed by atoms with Crippen molar-refractivity contribution in [1.82, 2.24) is 19.6 Å². The number of rotatable bonds is 5. The van der Waals surface area contributed by atoms with Gasteiger partial charge >= 0.3 is 0 Å². The summed E-state index contributed by atoms with van der Waals surface area (Å²) in [5.74, 6) is 0.368. The second kappa shape index (κ2) is 5.03. The van der Waals surface area contributed by atoms with E-state index in [1.54, 1.807) is 34.9 Å². The SMILES string of the molecule is CCCn1ncc(OC)c1C(=O)c1ccnn1C. The average molecular weight is 248 g/mol. The van der Waals surface area contributed by atoms with Crippen molar-refractivity contribution in [3.05, 3.63) is 29.8 Å². The lowest BCUT2D eigenvalue weighted by Gasteiger charge is -2.07. The highest BCUT2D eigenvalue weighted by Gasteiger charge is 2.22. The topological polar surface area (TPSA) is 61.9 Å². The fraction of sp³-hybridized carbons (Fsp3) is 0.417. The van der Waals surface area contributed by atoms with E-state index in [9.17, 15) is 4.79 Å². The van der Waals surface area contributed by atoms with E-state index in [-0.39, 0.29) is 5.78 Å². The van der Waals surface area contributed by atoms with Crippen LogP contribution < -0.4 is 4.74 Å². The number of carbonyl (C=O) groups excluding carboxylic acids is 1. The van der Waals surface area contributed by atoms with Gasteiger partial charge in [-0.1, -0.05) is 6.92 Å². The molecule has 0 aromatic carbocycles. The monoisotopic (exact) mass is 248 g/mol. The molecular weight excluding hydrogens is 232 g/mol. The molecule has 0 saturated heterocycles. The van der Waals surface area contributed by atoms with E-state index >= 15 is 0 Å². The van der Waals surface area contributed by atoms with Gasteiger partial charge in [0.2, 0.25) is 5.78 Å². The molecule has 2 aromatic heterocycles. The molecular formula is C12H16N4O2. The Hall–Kier alpha value is -2.11. The molecule has 0 unspecified atom stereocenters. The summed E-state index contributed by atoms with van der Waals surface area (Å²) in [5.41, 5.74) is 0.995. The second-order valence-corrected chi connectivity index (χ2v) is 3.95. The number of carbonyl (C=O) groups is 1. The first kappa shape index (κ1) is 12.3. The first-order valence-corrected chi connectivity index (χ1v) is 5.81. The van der Waals surface area contributed by atoms with Crippen molar-refractivity contribution in [3.63, 3.8) is 0 Å². The van der Waals surface area contributed by atoms with Gasteiger partial charge in [-0.2, -0.15) is 10.2 Å². The predicted octanol–water partition coefficient (Wildman–Crippen LogP) is 1.27. The van der Waals surface area contributed by atoms with Crippen molar-refractivity contribution in [2.75, 3.05) is 7.11 Å². The lowest BCUT2D eigenvalue weighted by Crippen LogP contribution is -2.15. The number of nitrogens with zero attached hydrogens (tertiary/aromatic N) is 4. The zero-order valence-electron chi connectivity index (χ0n) is 10.8. The van der Waals surface area contributed by atoms with Crippen molar-refractivity contribution in [2.24, 2.45) is 7.05 Å². The smallest absolute Gasteiger partial charge is 0.232 e. The zero-order chi connectivity index (χ0) is 13.1. The Morgan fingerprint density at radius 1 is 1.44 bits per heavy atom. The Balaban J connectivity index is 2.46. The lowest BCUT2D eigenvalue weighted by atomic mass is 10.2. The third-order valence-corrected chi connectivity index (χ3v) is 2.73. The lowest BCUT2D eigenvalue weighted by molar-refractivity contribution is 0.101. The van der Waals surface area contributed by atoms with Gasteiger partial charge in [0.1, 0.15) is 5.69 Å². The standard InChI is InChI=1S/C12H16N4O2/c1-4-7-16-11(10(18-3)8-14-16)12(17)9-5-6-13-15(9)2/h5-6,8H,4,7H2,1-3H3. The van der Waals surface area contributed by atoms with E-state index < -0.39 is 0 Å². The number of methoxy groups -OCH3 is 1. The van der Waals surface area contributed by atoms with Crippen LogP contribution in [0, 0.1) is 0 Å². The number of ketones is 1. The first-order valence-electron chi connectivity index (χ1n) is 5.81. The summed E-state index contributed by atoms with van der Waals surface area (Å²) < 4.78 is 8.42. The molecule has 0 aliphatic heterocycles. The summed E-state index contributed by atoms with van der Waals surface area (Å²) in [6.45, 7) is 2.72. The quantitative estimate of drug-likeness (QED) is 0.747. The van der Waals surface area contributed by atoms with Crippen molar-refractivity contribution >= 4 is 5.78 Å². The normalized spacial score (nSPS) is 10.6. The van der Waals surface area contributed by atoms with Gasteiger partial charge in [-0.15, -0.1) is 0 Å². The Kier molecular flexibility index (Phi) is 3.45. The van der Waals surface area contributed by atoms with Gasteiger partial charge in [0, 0.05) is 19.8 Å². The summed E-state index contributed by atoms with van der Waals surface area (Å²) in [5, 5.41) is 8.18. The molecule has 96 valence electrons. The summed E-state index contributed by atoms with van der Waals surface area (Å²) in [6, 6.07) is 1.69. The maximum Gasteiger partial charge on any atom is 0.232 e. The molecule has 0 spiro atoms. The van der Waals surface area contributed by atoms with E-state index in [1.165, 1.54) is 7.11 Å². The molecule has 0 atom stereocenters. The number of aromatic nitrogens is 4. The number of hydrogen-bond donors (Lipinski definition) is 0. The third-order valence-electron chi connectivity index (χ3n) is 2.73. The Bertz CT molecular complexity index is 556. The fourth-order valence-corrected chi connectivity index (χ4v) is 1.85. The molecule has 0 amide bonds. The summed E-state index contributed by atoms with van der Waals surface area (Å²) in [6.07, 6.45) is 4.07. The van der Waals surface area contributed by atoms with Crippen LogP contribution in [0.2, 0.25) is 0 Å². The average Bonchev–Trinajstić information content (AvgIpc) is 2.95. The minimum Gasteiger partial charge on any atom is -0.493 e. The van der Waals surface area contributed by atoms with Crippen LogP contribution in [0.3, 0.4) is 0 Å². The molecule has 2 rings (SSSR count). The van der Waals surface area contributed by atoms with Gasteiger partial charge in [-0.3, -0.25) is 14.2 Å². The van der Waals surface area contributed by atoms with Crippen molar-refractivity contribution < 1.29 is 9.53 Å². The largest absolute Gasteiger partial charge is 0.493 e. The van der Waals surface area contributed by atoms with Crippen LogP contribution >= 0.6 is 0 Å². The van der Waals surface area contributed by atoms with E-state index in [2.05, 4.69) is 10.2 Å². The molecule has 6 nitrogen and oxygen atoms in total. The highest BCUT2D eigenvalue weighted by molar-refractivity contribution is 6.08. The summed E-state index contributed by atoms with van der Waals surface area (Å²) in [7, 11) is 3.27. The van der Waals surface area contributed by atoms with Gasteiger partial charge in [0.05, 0.1) is 13.3 Å². The molecule has 2 heterocycles. The Morgan fingerprint density at radius 2 is 2.22 bits per heavy atom. The van der Waals surface area contributed by atoms with Crippen molar-refractivity contribution in [2.45, 2.75) is 19.9 Å². The molecule has 0 N–H and O–H groups in total. The number of ether oxygens (including phenoxy) is 1. The summed E-state index contributed by atoms with van der Waals surface area (Å²) in [4.78, 5) is 12.5. The van der Waals surface area contributed by atoms with E-state index in [0.717, 1.165) is 6.42 Å². The van der Waals surface area contributed by atoms with Crippen molar-refractivity contribution in [1.29, 1.82) is 0 Å².